The van der Waals surface area contributed by atoms with E-state index in [4.69, 9.17) is 17.3 Å². The largest absolute Gasteiger partial charge is 0.396 e. The summed E-state index contributed by atoms with van der Waals surface area (Å²) in [5.41, 5.74) is 6.72. The lowest BCUT2D eigenvalue weighted by atomic mass is 10.2. The van der Waals surface area contributed by atoms with Crippen LogP contribution in [-0.4, -0.2) is 42.1 Å². The molecule has 19 heavy (non-hydrogen) atoms. The van der Waals surface area contributed by atoms with Gasteiger partial charge in [0.15, 0.2) is 5.82 Å². The molecule has 0 aromatic carbocycles. The highest BCUT2D eigenvalue weighted by molar-refractivity contribution is 6.29. The number of nitrogens with two attached hydrogens (primary N) is 1. The fourth-order valence-corrected chi connectivity index (χ4v) is 3.40. The minimum Gasteiger partial charge on any atom is -0.396 e. The highest BCUT2D eigenvalue weighted by atomic mass is 35.5. The Morgan fingerprint density at radius 2 is 1.79 bits per heavy atom. The Labute approximate surface area is 119 Å². The normalized spacial score (nSPS) is 22.1. The van der Waals surface area contributed by atoms with Crippen molar-refractivity contribution in [3.05, 3.63) is 17.3 Å². The summed E-state index contributed by atoms with van der Waals surface area (Å²) < 4.78 is 0. The van der Waals surface area contributed by atoms with E-state index in [2.05, 4.69) is 14.8 Å². The molecule has 4 nitrogen and oxygen atoms in total. The smallest absolute Gasteiger partial charge is 0.153 e. The van der Waals surface area contributed by atoms with E-state index in [1.54, 1.807) is 6.07 Å². The van der Waals surface area contributed by atoms with E-state index in [1.165, 1.54) is 25.7 Å². The molecule has 1 saturated carbocycles. The van der Waals surface area contributed by atoms with Crippen LogP contribution < -0.4 is 10.6 Å². The van der Waals surface area contributed by atoms with E-state index in [0.29, 0.717) is 5.15 Å². The van der Waals surface area contributed by atoms with Crippen LogP contribution in [0, 0.1) is 0 Å². The summed E-state index contributed by atoms with van der Waals surface area (Å²) in [4.78, 5) is 9.25. The van der Waals surface area contributed by atoms with Gasteiger partial charge in [0, 0.05) is 32.2 Å². The number of piperazine rings is 1. The number of rotatable bonds is 2. The number of pyridine rings is 1. The van der Waals surface area contributed by atoms with Gasteiger partial charge in [-0.1, -0.05) is 24.4 Å². The predicted octanol–water partition coefficient (Wildman–Crippen LogP) is 2.38. The monoisotopic (exact) mass is 280 g/mol. The van der Waals surface area contributed by atoms with Crippen molar-refractivity contribution < 1.29 is 0 Å². The number of hydrogen-bond donors (Lipinski definition) is 1. The van der Waals surface area contributed by atoms with Crippen LogP contribution in [0.1, 0.15) is 25.7 Å². The zero-order valence-corrected chi connectivity index (χ0v) is 11.9. The van der Waals surface area contributed by atoms with Gasteiger partial charge in [-0.25, -0.2) is 4.98 Å². The number of halogens is 1. The highest BCUT2D eigenvalue weighted by Crippen LogP contribution is 2.27. The summed E-state index contributed by atoms with van der Waals surface area (Å²) in [6.45, 7) is 4.21. The molecule has 3 rings (SSSR count). The van der Waals surface area contributed by atoms with E-state index in [9.17, 15) is 0 Å². The van der Waals surface area contributed by atoms with Crippen molar-refractivity contribution in [1.29, 1.82) is 0 Å². The molecule has 0 amide bonds. The van der Waals surface area contributed by atoms with E-state index < -0.39 is 0 Å². The van der Waals surface area contributed by atoms with Crippen molar-refractivity contribution in [3.8, 4) is 0 Å². The molecule has 2 aliphatic rings. The standard InChI is InChI=1S/C14H21ClN4/c15-13-6-5-12(16)14(17-13)19-9-7-18(8-10-19)11-3-1-2-4-11/h5-6,11H,1-4,7-10,16H2. The van der Waals surface area contributed by atoms with Gasteiger partial charge < -0.3 is 10.6 Å². The maximum absolute atomic E-state index is 6.00. The van der Waals surface area contributed by atoms with E-state index >= 15 is 0 Å². The molecule has 0 unspecified atom stereocenters. The molecule has 0 radical (unpaired) electrons. The molecule has 1 aliphatic heterocycles. The molecule has 1 saturated heterocycles. The fourth-order valence-electron chi connectivity index (χ4n) is 3.26. The number of aromatic nitrogens is 1. The second-order valence-electron chi connectivity index (χ2n) is 5.51. The van der Waals surface area contributed by atoms with Gasteiger partial charge in [-0.15, -0.1) is 0 Å². The Kier molecular flexibility index (Phi) is 3.80. The van der Waals surface area contributed by atoms with Crippen LogP contribution in [0.3, 0.4) is 0 Å². The van der Waals surface area contributed by atoms with Gasteiger partial charge in [-0.3, -0.25) is 4.90 Å². The highest BCUT2D eigenvalue weighted by Gasteiger charge is 2.27. The molecule has 0 bridgehead atoms. The second kappa shape index (κ2) is 5.55. The van der Waals surface area contributed by atoms with Crippen LogP contribution in [0.2, 0.25) is 5.15 Å². The van der Waals surface area contributed by atoms with Crippen LogP contribution in [0.25, 0.3) is 0 Å². The van der Waals surface area contributed by atoms with Crippen molar-refractivity contribution in [3.63, 3.8) is 0 Å². The van der Waals surface area contributed by atoms with Crippen molar-refractivity contribution in [1.82, 2.24) is 9.88 Å². The number of nitrogens with zero attached hydrogens (tertiary/aromatic N) is 3. The van der Waals surface area contributed by atoms with E-state index in [-0.39, 0.29) is 0 Å². The van der Waals surface area contributed by atoms with Crippen LogP contribution in [0.15, 0.2) is 12.1 Å². The Hall–Kier alpha value is -1.00. The van der Waals surface area contributed by atoms with Crippen LogP contribution in [0.4, 0.5) is 11.5 Å². The molecular weight excluding hydrogens is 260 g/mol. The Bertz CT molecular complexity index is 437. The Balaban J connectivity index is 1.64. The number of nitrogen functional groups attached to an aromatic ring is 1. The predicted molar refractivity (Wildman–Crippen MR) is 79.7 cm³/mol. The molecule has 104 valence electrons. The number of hydrogen-bond acceptors (Lipinski definition) is 4. The van der Waals surface area contributed by atoms with Crippen molar-refractivity contribution in [2.45, 2.75) is 31.7 Å². The van der Waals surface area contributed by atoms with Gasteiger partial charge in [-0.05, 0) is 25.0 Å². The maximum Gasteiger partial charge on any atom is 0.153 e. The summed E-state index contributed by atoms with van der Waals surface area (Å²) >= 11 is 5.96. The van der Waals surface area contributed by atoms with Crippen molar-refractivity contribution >= 4 is 23.1 Å². The molecule has 0 atom stereocenters. The third kappa shape index (κ3) is 2.79. The Morgan fingerprint density at radius 3 is 2.47 bits per heavy atom. The lowest BCUT2D eigenvalue weighted by Gasteiger charge is -2.38. The Morgan fingerprint density at radius 1 is 1.11 bits per heavy atom. The van der Waals surface area contributed by atoms with Crippen LogP contribution in [-0.2, 0) is 0 Å². The average molecular weight is 281 g/mol. The zero-order valence-electron chi connectivity index (χ0n) is 11.2. The average Bonchev–Trinajstić information content (AvgIpc) is 2.96. The molecule has 1 aromatic heterocycles. The maximum atomic E-state index is 6.00. The van der Waals surface area contributed by atoms with E-state index in [1.807, 2.05) is 6.07 Å². The van der Waals surface area contributed by atoms with Gasteiger partial charge in [0.2, 0.25) is 0 Å². The SMILES string of the molecule is Nc1ccc(Cl)nc1N1CCN(C2CCCC2)CC1. The number of anilines is 2. The van der Waals surface area contributed by atoms with Crippen molar-refractivity contribution in [2.24, 2.45) is 0 Å². The molecule has 2 N–H and O–H groups in total. The first kappa shape index (κ1) is 13.0. The summed E-state index contributed by atoms with van der Waals surface area (Å²) in [5, 5.41) is 0.516. The molecule has 1 aliphatic carbocycles. The topological polar surface area (TPSA) is 45.4 Å². The zero-order chi connectivity index (χ0) is 13.2. The molecule has 2 heterocycles. The lowest BCUT2D eigenvalue weighted by Crippen LogP contribution is -2.50. The molecule has 1 aromatic rings. The van der Waals surface area contributed by atoms with Gasteiger partial charge in [-0.2, -0.15) is 0 Å². The third-order valence-corrected chi connectivity index (χ3v) is 4.54. The van der Waals surface area contributed by atoms with Gasteiger partial charge >= 0.3 is 0 Å². The van der Waals surface area contributed by atoms with Crippen LogP contribution in [0.5, 0.6) is 0 Å². The first-order chi connectivity index (χ1) is 9.24. The lowest BCUT2D eigenvalue weighted by molar-refractivity contribution is 0.187. The molecule has 5 heteroatoms. The third-order valence-electron chi connectivity index (χ3n) is 4.33. The summed E-state index contributed by atoms with van der Waals surface area (Å²) in [5.74, 6) is 0.846. The fraction of sp³-hybridized carbons (Fsp3) is 0.643. The molecular formula is C14H21ClN4. The van der Waals surface area contributed by atoms with Crippen molar-refractivity contribution in [2.75, 3.05) is 36.8 Å². The molecule has 2 fully saturated rings. The van der Waals surface area contributed by atoms with Gasteiger partial charge in [0.1, 0.15) is 5.15 Å². The summed E-state index contributed by atoms with van der Waals surface area (Å²) in [7, 11) is 0. The van der Waals surface area contributed by atoms with Gasteiger partial charge in [0.25, 0.3) is 0 Å². The van der Waals surface area contributed by atoms with Crippen LogP contribution >= 0.6 is 11.6 Å². The minimum atomic E-state index is 0.516. The minimum absolute atomic E-state index is 0.516. The van der Waals surface area contributed by atoms with Gasteiger partial charge in [0.05, 0.1) is 5.69 Å². The first-order valence-corrected chi connectivity index (χ1v) is 7.53. The first-order valence-electron chi connectivity index (χ1n) is 7.15. The quantitative estimate of drug-likeness (QED) is 0.845. The summed E-state index contributed by atoms with van der Waals surface area (Å²) in [6.07, 6.45) is 5.54. The summed E-state index contributed by atoms with van der Waals surface area (Å²) in [6, 6.07) is 4.40. The second-order valence-corrected chi connectivity index (χ2v) is 5.90. The van der Waals surface area contributed by atoms with E-state index in [0.717, 1.165) is 43.7 Å². The molecule has 0 spiro atoms.